The first-order chi connectivity index (χ1) is 14.3. The molecular formula is C12F22. The Morgan fingerprint density at radius 2 is 0.735 bits per heavy atom. The van der Waals surface area contributed by atoms with Crippen molar-refractivity contribution >= 4 is 0 Å². The molecule has 0 saturated carbocycles. The van der Waals surface area contributed by atoms with Crippen molar-refractivity contribution in [1.29, 1.82) is 0 Å². The summed E-state index contributed by atoms with van der Waals surface area (Å²) in [5.74, 6) is -38.9. The fourth-order valence-corrected chi connectivity index (χ4v) is 2.92. The van der Waals surface area contributed by atoms with E-state index in [-0.39, 0.29) is 0 Å². The molecule has 22 heteroatoms. The topological polar surface area (TPSA) is 0 Å². The fraction of sp³-hybridized carbons (Fsp3) is 0.833. The molecule has 0 aromatic rings. The van der Waals surface area contributed by atoms with E-state index in [0.29, 0.717) is 0 Å². The predicted molar refractivity (Wildman–Crippen MR) is 58.4 cm³/mol. The lowest BCUT2D eigenvalue weighted by molar-refractivity contribution is -0.467. The summed E-state index contributed by atoms with van der Waals surface area (Å²) in [6.45, 7) is 0. The Morgan fingerprint density at radius 1 is 0.441 bits per heavy atom. The van der Waals surface area contributed by atoms with Gasteiger partial charge in [0.2, 0.25) is 0 Å². The monoisotopic (exact) mass is 562 g/mol. The highest BCUT2D eigenvalue weighted by molar-refractivity contribution is 5.46. The molecule has 0 N–H and O–H groups in total. The fourth-order valence-electron chi connectivity index (χ4n) is 2.92. The van der Waals surface area contributed by atoms with Crippen LogP contribution in [0.4, 0.5) is 96.6 Å². The second-order valence-corrected chi connectivity index (χ2v) is 6.39. The van der Waals surface area contributed by atoms with Crippen LogP contribution in [0.3, 0.4) is 0 Å². The molecule has 0 atom stereocenters. The first kappa shape index (κ1) is 30.2. The summed E-state index contributed by atoms with van der Waals surface area (Å²) in [5.41, 5.74) is -24.5. The number of rotatable bonds is 3. The zero-order chi connectivity index (χ0) is 28.2. The SMILES string of the molecule is FC1=C(C(C(F)(F)F)(C(F)(F)F)C(F)(F)C(F)(C(F)(F)F)C(F)(F)F)C(F)(F)C(F)(F)C1(F)F. The van der Waals surface area contributed by atoms with Crippen molar-refractivity contribution in [3.05, 3.63) is 11.4 Å². The maximum absolute atomic E-state index is 14.2. The summed E-state index contributed by atoms with van der Waals surface area (Å²) in [4.78, 5) is 0. The minimum Gasteiger partial charge on any atom is -0.216 e. The Kier molecular flexibility index (Phi) is 6.14. The highest BCUT2D eigenvalue weighted by Gasteiger charge is 3.01. The quantitative estimate of drug-likeness (QED) is 0.310. The molecule has 0 fully saturated rings. The third kappa shape index (κ3) is 3.03. The standard InChI is InChI=1S/C12F22/c13-2-1(4(14,15)8(21,22)5(2,16)17)3(9(23,24)25,10(26,27)28)7(19,20)6(18,11(29,30)31)12(32,33)34. The van der Waals surface area contributed by atoms with Crippen LogP contribution in [-0.2, 0) is 0 Å². The lowest BCUT2D eigenvalue weighted by atomic mass is 9.65. The van der Waals surface area contributed by atoms with E-state index >= 15 is 0 Å². The van der Waals surface area contributed by atoms with Gasteiger partial charge in [0.15, 0.2) is 5.83 Å². The molecule has 0 amide bonds. The van der Waals surface area contributed by atoms with Gasteiger partial charge >= 0.3 is 54.1 Å². The first-order valence-corrected chi connectivity index (χ1v) is 7.16. The minimum absolute atomic E-state index is 5.52. The van der Waals surface area contributed by atoms with Gasteiger partial charge < -0.3 is 0 Å². The summed E-state index contributed by atoms with van der Waals surface area (Å²) < 4.78 is 290. The van der Waals surface area contributed by atoms with Gasteiger partial charge in [0.1, 0.15) is 0 Å². The number of allylic oxidation sites excluding steroid dienone is 2. The molecule has 0 radical (unpaired) electrons. The van der Waals surface area contributed by atoms with Crippen molar-refractivity contribution in [2.45, 2.75) is 54.1 Å². The second kappa shape index (κ2) is 6.90. The van der Waals surface area contributed by atoms with Crippen molar-refractivity contribution < 1.29 is 96.6 Å². The van der Waals surface area contributed by atoms with Crippen molar-refractivity contribution in [1.82, 2.24) is 0 Å². The largest absolute Gasteiger partial charge is 0.437 e. The summed E-state index contributed by atoms with van der Waals surface area (Å²) in [6, 6.07) is 0. The highest BCUT2D eigenvalue weighted by atomic mass is 19.4. The van der Waals surface area contributed by atoms with Crippen molar-refractivity contribution in [2.75, 3.05) is 0 Å². The van der Waals surface area contributed by atoms with Crippen LogP contribution >= 0.6 is 0 Å². The van der Waals surface area contributed by atoms with Gasteiger partial charge in [0.25, 0.3) is 5.41 Å². The van der Waals surface area contributed by atoms with Gasteiger partial charge in [-0.2, -0.15) is 79.0 Å². The minimum atomic E-state index is -9.57. The first-order valence-electron chi connectivity index (χ1n) is 7.16. The van der Waals surface area contributed by atoms with Crippen LogP contribution < -0.4 is 0 Å². The highest BCUT2D eigenvalue weighted by Crippen LogP contribution is 2.76. The van der Waals surface area contributed by atoms with Gasteiger partial charge in [0, 0.05) is 0 Å². The molecule has 0 nitrogen and oxygen atoms in total. The van der Waals surface area contributed by atoms with Crippen LogP contribution in [0.25, 0.3) is 0 Å². The van der Waals surface area contributed by atoms with E-state index in [1.165, 1.54) is 0 Å². The Labute approximate surface area is 169 Å². The third-order valence-electron chi connectivity index (χ3n) is 4.51. The molecule has 0 bridgehead atoms. The molecule has 34 heavy (non-hydrogen) atoms. The molecule has 202 valence electrons. The predicted octanol–water partition coefficient (Wildman–Crippen LogP) is 7.71. The van der Waals surface area contributed by atoms with Crippen molar-refractivity contribution in [3.63, 3.8) is 0 Å². The van der Waals surface area contributed by atoms with Gasteiger partial charge in [-0.1, -0.05) is 0 Å². The van der Waals surface area contributed by atoms with Gasteiger partial charge in [-0.05, 0) is 0 Å². The molecule has 0 aliphatic heterocycles. The number of hydrogen-bond donors (Lipinski definition) is 0. The molecule has 0 aromatic carbocycles. The van der Waals surface area contributed by atoms with E-state index in [9.17, 15) is 96.6 Å². The van der Waals surface area contributed by atoms with Crippen LogP contribution in [0, 0.1) is 5.41 Å². The van der Waals surface area contributed by atoms with Gasteiger partial charge in [0.05, 0.1) is 5.57 Å². The maximum atomic E-state index is 14.2. The average molecular weight is 562 g/mol. The van der Waals surface area contributed by atoms with Gasteiger partial charge in [-0.15, -0.1) is 0 Å². The normalized spacial score (nSPS) is 22.4. The van der Waals surface area contributed by atoms with E-state index in [1.54, 1.807) is 0 Å². The van der Waals surface area contributed by atoms with Crippen LogP contribution in [-0.4, -0.2) is 54.1 Å². The van der Waals surface area contributed by atoms with E-state index in [2.05, 4.69) is 0 Å². The zero-order valence-corrected chi connectivity index (χ0v) is 14.3. The Balaban J connectivity index is 4.65. The molecular weight excluding hydrogens is 562 g/mol. The summed E-state index contributed by atoms with van der Waals surface area (Å²) in [7, 11) is 0. The van der Waals surface area contributed by atoms with Crippen LogP contribution in [0.5, 0.6) is 0 Å². The van der Waals surface area contributed by atoms with E-state index in [4.69, 9.17) is 0 Å². The van der Waals surface area contributed by atoms with Crippen LogP contribution in [0.15, 0.2) is 11.4 Å². The Hall–Kier alpha value is -1.80. The molecule has 0 unspecified atom stereocenters. The molecule has 0 spiro atoms. The molecule has 1 rings (SSSR count). The Bertz CT molecular complexity index is 811. The van der Waals surface area contributed by atoms with E-state index in [0.717, 1.165) is 0 Å². The molecule has 1 aliphatic rings. The van der Waals surface area contributed by atoms with Crippen molar-refractivity contribution in [3.8, 4) is 0 Å². The number of halogens is 22. The van der Waals surface area contributed by atoms with E-state index < -0.39 is 70.9 Å². The average Bonchev–Trinajstić information content (AvgIpc) is 2.60. The van der Waals surface area contributed by atoms with Crippen LogP contribution in [0.1, 0.15) is 0 Å². The second-order valence-electron chi connectivity index (χ2n) is 6.39. The molecule has 0 saturated heterocycles. The van der Waals surface area contributed by atoms with Crippen molar-refractivity contribution in [2.24, 2.45) is 5.41 Å². The lowest BCUT2D eigenvalue weighted by Crippen LogP contribution is -2.77. The van der Waals surface area contributed by atoms with E-state index in [1.807, 2.05) is 0 Å². The smallest absolute Gasteiger partial charge is 0.216 e. The van der Waals surface area contributed by atoms with Gasteiger partial charge in [-0.3, -0.25) is 0 Å². The molecule has 0 aromatic heterocycles. The van der Waals surface area contributed by atoms with Gasteiger partial charge in [-0.25, -0.2) is 17.6 Å². The zero-order valence-electron chi connectivity index (χ0n) is 14.3. The molecule has 0 heterocycles. The number of alkyl halides is 21. The summed E-state index contributed by atoms with van der Waals surface area (Å²) in [5, 5.41) is 0. The molecule has 1 aliphatic carbocycles. The number of hydrogen-bond acceptors (Lipinski definition) is 0. The van der Waals surface area contributed by atoms with Crippen LogP contribution in [0.2, 0.25) is 0 Å². The Morgan fingerprint density at radius 3 is 0.912 bits per heavy atom. The summed E-state index contributed by atoms with van der Waals surface area (Å²) >= 11 is 0. The maximum Gasteiger partial charge on any atom is 0.437 e. The lowest BCUT2D eigenvalue weighted by Gasteiger charge is -2.49. The summed E-state index contributed by atoms with van der Waals surface area (Å²) in [6.07, 6.45) is -35.2. The third-order valence-corrected chi connectivity index (χ3v) is 4.51.